The number of hydrogen-bond acceptors (Lipinski definition) is 3. The van der Waals surface area contributed by atoms with E-state index in [-0.39, 0.29) is 35.6 Å². The van der Waals surface area contributed by atoms with Gasteiger partial charge in [-0.2, -0.15) is 0 Å². The molecule has 0 saturated carbocycles. The second-order valence-corrected chi connectivity index (χ2v) is 8.39. The Kier molecular flexibility index (Phi) is 4.37. The predicted molar refractivity (Wildman–Crippen MR) is 78.9 cm³/mol. The molecular formula is C15H20FNO3S. The second kappa shape index (κ2) is 5.75. The standard InChI is InChI=1S/C15H20FNO3S/c1-15(2,12-4-3-5-13(16)9-12)17-14(18)8-11-6-7-21(19,20)10-11/h3-5,9,11H,6-8,10H2,1-2H3,(H,17,18)/t11-/m1/s1. The Morgan fingerprint density at radius 1 is 1.43 bits per heavy atom. The third-order valence-electron chi connectivity index (χ3n) is 3.80. The van der Waals surface area contributed by atoms with Crippen LogP contribution in [0.2, 0.25) is 0 Å². The van der Waals surface area contributed by atoms with Gasteiger partial charge in [0, 0.05) is 6.42 Å². The lowest BCUT2D eigenvalue weighted by atomic mass is 9.93. The fourth-order valence-corrected chi connectivity index (χ4v) is 4.51. The SMILES string of the molecule is CC(C)(NC(=O)C[C@H]1CCS(=O)(=O)C1)c1cccc(F)c1. The minimum Gasteiger partial charge on any atom is -0.347 e. The van der Waals surface area contributed by atoms with Gasteiger partial charge in [0.05, 0.1) is 17.0 Å². The van der Waals surface area contributed by atoms with Crippen LogP contribution in [-0.4, -0.2) is 25.8 Å². The molecule has 0 aliphatic carbocycles. The van der Waals surface area contributed by atoms with Gasteiger partial charge in [0.2, 0.25) is 5.91 Å². The van der Waals surface area contributed by atoms with Crippen molar-refractivity contribution in [2.45, 2.75) is 32.2 Å². The van der Waals surface area contributed by atoms with Gasteiger partial charge in [-0.05, 0) is 43.9 Å². The van der Waals surface area contributed by atoms with Crippen LogP contribution in [0.25, 0.3) is 0 Å². The molecule has 21 heavy (non-hydrogen) atoms. The molecular weight excluding hydrogens is 293 g/mol. The highest BCUT2D eigenvalue weighted by Crippen LogP contribution is 2.24. The first kappa shape index (κ1) is 15.9. The van der Waals surface area contributed by atoms with Crippen molar-refractivity contribution in [2.75, 3.05) is 11.5 Å². The van der Waals surface area contributed by atoms with Gasteiger partial charge in [-0.3, -0.25) is 4.79 Å². The molecule has 1 saturated heterocycles. The van der Waals surface area contributed by atoms with Crippen molar-refractivity contribution in [2.24, 2.45) is 5.92 Å². The molecule has 1 aromatic rings. The maximum absolute atomic E-state index is 13.3. The van der Waals surface area contributed by atoms with Crippen LogP contribution in [0, 0.1) is 11.7 Å². The molecule has 6 heteroatoms. The molecule has 0 unspecified atom stereocenters. The number of carbonyl (C=O) groups excluding carboxylic acids is 1. The molecule has 1 amide bonds. The fourth-order valence-electron chi connectivity index (χ4n) is 2.64. The van der Waals surface area contributed by atoms with E-state index in [2.05, 4.69) is 5.32 Å². The van der Waals surface area contributed by atoms with Gasteiger partial charge in [-0.15, -0.1) is 0 Å². The Morgan fingerprint density at radius 2 is 2.14 bits per heavy atom. The van der Waals surface area contributed by atoms with E-state index >= 15 is 0 Å². The zero-order valence-corrected chi connectivity index (χ0v) is 13.0. The van der Waals surface area contributed by atoms with Gasteiger partial charge in [0.25, 0.3) is 0 Å². The Bertz CT molecular complexity index is 640. The van der Waals surface area contributed by atoms with Crippen molar-refractivity contribution in [3.8, 4) is 0 Å². The second-order valence-electron chi connectivity index (χ2n) is 6.16. The lowest BCUT2D eigenvalue weighted by Gasteiger charge is -2.27. The molecule has 1 aromatic carbocycles. The summed E-state index contributed by atoms with van der Waals surface area (Å²) in [6.07, 6.45) is 0.730. The van der Waals surface area contributed by atoms with Gasteiger partial charge in [0.15, 0.2) is 9.84 Å². The van der Waals surface area contributed by atoms with E-state index in [1.165, 1.54) is 12.1 Å². The fraction of sp³-hybridized carbons (Fsp3) is 0.533. The molecule has 116 valence electrons. The van der Waals surface area contributed by atoms with Crippen LogP contribution < -0.4 is 5.32 Å². The number of carbonyl (C=O) groups is 1. The molecule has 1 atom stereocenters. The first-order valence-electron chi connectivity index (χ1n) is 6.95. The molecule has 0 aromatic heterocycles. The van der Waals surface area contributed by atoms with E-state index in [1.54, 1.807) is 26.0 Å². The quantitative estimate of drug-likeness (QED) is 0.925. The van der Waals surface area contributed by atoms with E-state index in [1.807, 2.05) is 0 Å². The predicted octanol–water partition coefficient (Wildman–Crippen LogP) is 2.00. The first-order valence-corrected chi connectivity index (χ1v) is 8.77. The summed E-state index contributed by atoms with van der Waals surface area (Å²) in [6, 6.07) is 6.09. The van der Waals surface area contributed by atoms with Crippen LogP contribution >= 0.6 is 0 Å². The van der Waals surface area contributed by atoms with Crippen LogP contribution in [0.5, 0.6) is 0 Å². The Balaban J connectivity index is 1.98. The highest BCUT2D eigenvalue weighted by Gasteiger charge is 2.31. The molecule has 1 fully saturated rings. The maximum Gasteiger partial charge on any atom is 0.220 e. The first-order chi connectivity index (χ1) is 9.68. The zero-order chi connectivity index (χ0) is 15.7. The summed E-state index contributed by atoms with van der Waals surface area (Å²) in [7, 11) is -2.97. The van der Waals surface area contributed by atoms with E-state index in [0.29, 0.717) is 12.0 Å². The molecule has 0 spiro atoms. The largest absolute Gasteiger partial charge is 0.347 e. The lowest BCUT2D eigenvalue weighted by molar-refractivity contribution is -0.123. The van der Waals surface area contributed by atoms with Gasteiger partial charge in [-0.25, -0.2) is 12.8 Å². The third kappa shape index (κ3) is 4.27. The zero-order valence-electron chi connectivity index (χ0n) is 12.2. The van der Waals surface area contributed by atoms with Gasteiger partial charge < -0.3 is 5.32 Å². The Labute approximate surface area is 124 Å². The molecule has 0 bridgehead atoms. The number of hydrogen-bond donors (Lipinski definition) is 1. The summed E-state index contributed by atoms with van der Waals surface area (Å²) in [5.74, 6) is -0.416. The van der Waals surface area contributed by atoms with E-state index in [9.17, 15) is 17.6 Å². The van der Waals surface area contributed by atoms with Gasteiger partial charge >= 0.3 is 0 Å². The van der Waals surface area contributed by atoms with Gasteiger partial charge in [-0.1, -0.05) is 12.1 Å². The Morgan fingerprint density at radius 3 is 2.71 bits per heavy atom. The van der Waals surface area contributed by atoms with Crippen molar-refractivity contribution in [1.29, 1.82) is 0 Å². The molecule has 4 nitrogen and oxygen atoms in total. The van der Waals surface area contributed by atoms with Crippen LogP contribution in [-0.2, 0) is 20.2 Å². The highest BCUT2D eigenvalue weighted by molar-refractivity contribution is 7.91. The van der Waals surface area contributed by atoms with Crippen molar-refractivity contribution in [3.63, 3.8) is 0 Å². The molecule has 1 aliphatic heterocycles. The number of amides is 1. The average molecular weight is 313 g/mol. The Hall–Kier alpha value is -1.43. The molecule has 0 radical (unpaired) electrons. The van der Waals surface area contributed by atoms with Crippen LogP contribution in [0.1, 0.15) is 32.3 Å². The number of halogens is 1. The van der Waals surface area contributed by atoms with Crippen molar-refractivity contribution < 1.29 is 17.6 Å². The normalized spacial score (nSPS) is 21.2. The lowest BCUT2D eigenvalue weighted by Crippen LogP contribution is -2.41. The van der Waals surface area contributed by atoms with Crippen molar-refractivity contribution >= 4 is 15.7 Å². The van der Waals surface area contributed by atoms with E-state index in [4.69, 9.17) is 0 Å². The van der Waals surface area contributed by atoms with Crippen LogP contribution in [0.3, 0.4) is 0 Å². The monoisotopic (exact) mass is 313 g/mol. The number of nitrogens with one attached hydrogen (secondary N) is 1. The highest BCUT2D eigenvalue weighted by atomic mass is 32.2. The number of benzene rings is 1. The summed E-state index contributed by atoms with van der Waals surface area (Å²) >= 11 is 0. The minimum atomic E-state index is -2.97. The summed E-state index contributed by atoms with van der Waals surface area (Å²) in [5.41, 5.74) is -0.0219. The third-order valence-corrected chi connectivity index (χ3v) is 5.64. The van der Waals surface area contributed by atoms with Crippen LogP contribution in [0.15, 0.2) is 24.3 Å². The molecule has 1 N–H and O–H groups in total. The minimum absolute atomic E-state index is 0.0841. The van der Waals surface area contributed by atoms with Gasteiger partial charge in [0.1, 0.15) is 5.82 Å². The van der Waals surface area contributed by atoms with Crippen molar-refractivity contribution in [3.05, 3.63) is 35.6 Å². The summed E-state index contributed by atoms with van der Waals surface area (Å²) in [5, 5.41) is 2.85. The van der Waals surface area contributed by atoms with Crippen LogP contribution in [0.4, 0.5) is 4.39 Å². The summed E-state index contributed by atoms with van der Waals surface area (Å²) < 4.78 is 36.1. The molecule has 1 heterocycles. The maximum atomic E-state index is 13.3. The van der Waals surface area contributed by atoms with Crippen molar-refractivity contribution in [1.82, 2.24) is 5.32 Å². The number of sulfone groups is 1. The summed E-state index contributed by atoms with van der Waals surface area (Å²) in [4.78, 5) is 12.1. The molecule has 1 aliphatic rings. The number of rotatable bonds is 4. The van der Waals surface area contributed by atoms with E-state index < -0.39 is 15.4 Å². The summed E-state index contributed by atoms with van der Waals surface area (Å²) in [6.45, 7) is 3.59. The topological polar surface area (TPSA) is 63.2 Å². The molecule has 2 rings (SSSR count). The smallest absolute Gasteiger partial charge is 0.220 e. The van der Waals surface area contributed by atoms with E-state index in [0.717, 1.165) is 0 Å². The average Bonchev–Trinajstić information content (AvgIpc) is 2.67.